The van der Waals surface area contributed by atoms with Crippen LogP contribution in [0.2, 0.25) is 0 Å². The van der Waals surface area contributed by atoms with Crippen molar-refractivity contribution in [2.24, 2.45) is 0 Å². The number of aromatic amines is 1. The number of piperidine rings is 1. The molecular weight excluding hydrogens is 294 g/mol. The van der Waals surface area contributed by atoms with Gasteiger partial charge in [-0.15, -0.1) is 11.3 Å². The van der Waals surface area contributed by atoms with Gasteiger partial charge < -0.3 is 4.90 Å². The summed E-state index contributed by atoms with van der Waals surface area (Å²) in [5.74, 6) is 0.614. The van der Waals surface area contributed by atoms with Gasteiger partial charge in [-0.3, -0.25) is 10.00 Å². The van der Waals surface area contributed by atoms with Crippen molar-refractivity contribution in [2.45, 2.75) is 39.2 Å². The Balaban J connectivity index is 1.61. The number of nitrogens with one attached hydrogen (secondary N) is 1. The van der Waals surface area contributed by atoms with Gasteiger partial charge in [0.05, 0.1) is 6.20 Å². The van der Waals surface area contributed by atoms with Crippen molar-refractivity contribution < 1.29 is 0 Å². The zero-order chi connectivity index (χ0) is 15.4. The molecule has 1 aliphatic heterocycles. The van der Waals surface area contributed by atoms with Gasteiger partial charge in [-0.05, 0) is 44.7 Å². The zero-order valence-electron chi connectivity index (χ0n) is 13.5. The first-order valence-electron chi connectivity index (χ1n) is 8.20. The van der Waals surface area contributed by atoms with Gasteiger partial charge in [-0.1, -0.05) is 0 Å². The zero-order valence-corrected chi connectivity index (χ0v) is 14.3. The fourth-order valence-corrected chi connectivity index (χ4v) is 4.27. The lowest BCUT2D eigenvalue weighted by Crippen LogP contribution is -2.33. The molecule has 3 rings (SSSR count). The van der Waals surface area contributed by atoms with Gasteiger partial charge >= 0.3 is 0 Å². The molecule has 1 atom stereocenters. The van der Waals surface area contributed by atoms with Gasteiger partial charge in [0.1, 0.15) is 0 Å². The number of likely N-dealkylation sites (tertiary alicyclic amines) is 1. The van der Waals surface area contributed by atoms with Crippen LogP contribution >= 0.6 is 11.3 Å². The molecule has 1 aliphatic rings. The second-order valence-electron chi connectivity index (χ2n) is 5.89. The average Bonchev–Trinajstić information content (AvgIpc) is 3.21. The molecule has 1 fully saturated rings. The Bertz CT molecular complexity index is 561. The summed E-state index contributed by atoms with van der Waals surface area (Å²) in [7, 11) is 0. The lowest BCUT2D eigenvalue weighted by Gasteiger charge is -2.31. The molecule has 5 nitrogen and oxygen atoms in total. The van der Waals surface area contributed by atoms with Gasteiger partial charge in [0.15, 0.2) is 5.13 Å². The van der Waals surface area contributed by atoms with Crippen LogP contribution in [-0.4, -0.2) is 46.3 Å². The minimum absolute atomic E-state index is 0.614. The van der Waals surface area contributed by atoms with Crippen LogP contribution in [0.1, 0.15) is 43.0 Å². The quantitative estimate of drug-likeness (QED) is 0.889. The van der Waals surface area contributed by atoms with Crippen LogP contribution in [-0.2, 0) is 6.54 Å². The van der Waals surface area contributed by atoms with E-state index in [1.165, 1.54) is 29.8 Å². The average molecular weight is 319 g/mol. The molecule has 0 saturated carbocycles. The van der Waals surface area contributed by atoms with Crippen LogP contribution in [0.4, 0.5) is 5.13 Å². The summed E-state index contributed by atoms with van der Waals surface area (Å²) in [4.78, 5) is 10.8. The Labute approximate surface area is 136 Å². The van der Waals surface area contributed by atoms with Crippen LogP contribution in [0.15, 0.2) is 18.6 Å². The highest BCUT2D eigenvalue weighted by atomic mass is 32.1. The number of hydrogen-bond acceptors (Lipinski definition) is 5. The van der Waals surface area contributed by atoms with Crippen LogP contribution in [0, 0.1) is 0 Å². The van der Waals surface area contributed by atoms with Gasteiger partial charge in [0.25, 0.3) is 0 Å². The molecular formula is C16H25N5S. The highest BCUT2D eigenvalue weighted by Gasteiger charge is 2.22. The molecule has 0 spiro atoms. The van der Waals surface area contributed by atoms with E-state index >= 15 is 0 Å². The van der Waals surface area contributed by atoms with Crippen molar-refractivity contribution in [3.05, 3.63) is 29.0 Å². The molecule has 0 aliphatic carbocycles. The van der Waals surface area contributed by atoms with Crippen LogP contribution in [0.5, 0.6) is 0 Å². The molecule has 0 radical (unpaired) electrons. The molecule has 22 heavy (non-hydrogen) atoms. The van der Waals surface area contributed by atoms with Crippen molar-refractivity contribution in [3.63, 3.8) is 0 Å². The smallest absolute Gasteiger partial charge is 0.185 e. The van der Waals surface area contributed by atoms with Gasteiger partial charge in [0, 0.05) is 43.4 Å². The maximum Gasteiger partial charge on any atom is 0.185 e. The molecule has 1 N–H and O–H groups in total. The molecule has 1 unspecified atom stereocenters. The lowest BCUT2D eigenvalue weighted by atomic mass is 9.93. The Morgan fingerprint density at radius 3 is 2.95 bits per heavy atom. The second-order valence-corrected chi connectivity index (χ2v) is 6.98. The monoisotopic (exact) mass is 319 g/mol. The molecule has 3 heterocycles. The molecule has 0 amide bonds. The predicted molar refractivity (Wildman–Crippen MR) is 91.5 cm³/mol. The van der Waals surface area contributed by atoms with Crippen molar-refractivity contribution in [1.82, 2.24) is 20.1 Å². The molecule has 120 valence electrons. The highest BCUT2D eigenvalue weighted by molar-refractivity contribution is 7.15. The second kappa shape index (κ2) is 7.24. The van der Waals surface area contributed by atoms with E-state index in [0.717, 1.165) is 31.3 Å². The van der Waals surface area contributed by atoms with E-state index in [2.05, 4.69) is 45.0 Å². The summed E-state index contributed by atoms with van der Waals surface area (Å²) in [5.41, 5.74) is 1.35. The highest BCUT2D eigenvalue weighted by Crippen LogP contribution is 2.29. The van der Waals surface area contributed by atoms with Crippen molar-refractivity contribution in [2.75, 3.05) is 31.1 Å². The van der Waals surface area contributed by atoms with Gasteiger partial charge in [-0.2, -0.15) is 5.10 Å². The van der Waals surface area contributed by atoms with E-state index in [4.69, 9.17) is 0 Å². The standard InChI is InChI=1S/C16H25N5S/c1-3-21(4-2)16-17-10-15(22-16)12-20-7-5-6-13(11-20)14-8-18-19-9-14/h8-10,13H,3-7,11-12H2,1-2H3,(H,18,19). The first kappa shape index (κ1) is 15.5. The van der Waals surface area contributed by atoms with Crippen LogP contribution in [0.25, 0.3) is 0 Å². The van der Waals surface area contributed by atoms with Crippen LogP contribution in [0.3, 0.4) is 0 Å². The van der Waals surface area contributed by atoms with E-state index in [-0.39, 0.29) is 0 Å². The number of rotatable bonds is 6. The first-order valence-corrected chi connectivity index (χ1v) is 9.02. The minimum Gasteiger partial charge on any atom is -0.349 e. The SMILES string of the molecule is CCN(CC)c1ncc(CN2CCCC(c3cn[nH]c3)C2)s1. The summed E-state index contributed by atoms with van der Waals surface area (Å²) in [5, 5.41) is 8.19. The number of nitrogens with zero attached hydrogens (tertiary/aromatic N) is 4. The van der Waals surface area contributed by atoms with Crippen molar-refractivity contribution in [1.29, 1.82) is 0 Å². The molecule has 0 aromatic carbocycles. The molecule has 2 aromatic rings. The third kappa shape index (κ3) is 3.50. The Morgan fingerprint density at radius 2 is 2.23 bits per heavy atom. The summed E-state index contributed by atoms with van der Waals surface area (Å²) in [6.07, 6.45) is 8.60. The minimum atomic E-state index is 0.614. The maximum absolute atomic E-state index is 4.60. The Kier molecular flexibility index (Phi) is 5.10. The van der Waals surface area contributed by atoms with Crippen molar-refractivity contribution >= 4 is 16.5 Å². The molecule has 0 bridgehead atoms. The van der Waals surface area contributed by atoms with E-state index in [1.54, 1.807) is 0 Å². The summed E-state index contributed by atoms with van der Waals surface area (Å²) >= 11 is 1.84. The first-order chi connectivity index (χ1) is 10.8. The fourth-order valence-electron chi connectivity index (χ4n) is 3.19. The van der Waals surface area contributed by atoms with E-state index in [9.17, 15) is 0 Å². The molecule has 6 heteroatoms. The lowest BCUT2D eigenvalue weighted by molar-refractivity contribution is 0.201. The maximum atomic E-state index is 4.60. The van der Waals surface area contributed by atoms with Gasteiger partial charge in [0.2, 0.25) is 0 Å². The third-order valence-electron chi connectivity index (χ3n) is 4.45. The number of anilines is 1. The molecule has 2 aromatic heterocycles. The van der Waals surface area contributed by atoms with E-state index in [1.807, 2.05) is 23.7 Å². The number of hydrogen-bond donors (Lipinski definition) is 1. The fraction of sp³-hybridized carbons (Fsp3) is 0.625. The largest absolute Gasteiger partial charge is 0.349 e. The summed E-state index contributed by atoms with van der Waals surface area (Å²) in [6, 6.07) is 0. The third-order valence-corrected chi connectivity index (χ3v) is 5.49. The molecule has 1 saturated heterocycles. The Morgan fingerprint density at radius 1 is 1.36 bits per heavy atom. The topological polar surface area (TPSA) is 48.1 Å². The van der Waals surface area contributed by atoms with Crippen molar-refractivity contribution in [3.8, 4) is 0 Å². The van der Waals surface area contributed by atoms with E-state index in [0.29, 0.717) is 5.92 Å². The normalized spacial score (nSPS) is 19.5. The number of aromatic nitrogens is 3. The van der Waals surface area contributed by atoms with Crippen LogP contribution < -0.4 is 4.90 Å². The summed E-state index contributed by atoms with van der Waals surface area (Å²) < 4.78 is 0. The Hall–Kier alpha value is -1.40. The summed E-state index contributed by atoms with van der Waals surface area (Å²) in [6.45, 7) is 9.75. The number of H-pyrrole nitrogens is 1. The van der Waals surface area contributed by atoms with Gasteiger partial charge in [-0.25, -0.2) is 4.98 Å². The predicted octanol–water partition coefficient (Wildman–Crippen LogP) is 3.09. The van der Waals surface area contributed by atoms with E-state index < -0.39 is 0 Å². The number of thiazole rings is 1.